The van der Waals surface area contributed by atoms with Crippen molar-refractivity contribution in [1.29, 1.82) is 0 Å². The number of methoxy groups -OCH3 is 1. The molecule has 24 heavy (non-hydrogen) atoms. The van der Waals surface area contributed by atoms with Crippen LogP contribution in [-0.4, -0.2) is 27.3 Å². The van der Waals surface area contributed by atoms with E-state index in [2.05, 4.69) is 27.0 Å². The van der Waals surface area contributed by atoms with E-state index in [-0.39, 0.29) is 17.8 Å². The second-order valence-electron chi connectivity index (χ2n) is 6.54. The summed E-state index contributed by atoms with van der Waals surface area (Å²) in [7, 11) is 3.58. The number of aromatic nitrogens is 3. The monoisotopic (exact) mass is 389 g/mol. The normalized spacial score (nSPS) is 21.6. The van der Waals surface area contributed by atoms with E-state index in [1.807, 2.05) is 23.7 Å². The van der Waals surface area contributed by atoms with Crippen molar-refractivity contribution in [2.24, 2.45) is 7.05 Å². The molecule has 0 N–H and O–H groups in total. The minimum atomic E-state index is 0.0287. The Morgan fingerprint density at radius 1 is 1.33 bits per heavy atom. The molecule has 126 valence electrons. The number of hydrogen-bond acceptors (Lipinski definition) is 3. The summed E-state index contributed by atoms with van der Waals surface area (Å²) in [5.41, 5.74) is 2.80. The van der Waals surface area contributed by atoms with Gasteiger partial charge in [-0.1, -0.05) is 15.9 Å². The van der Waals surface area contributed by atoms with E-state index in [1.165, 1.54) is 0 Å². The van der Waals surface area contributed by atoms with Crippen molar-refractivity contribution in [1.82, 2.24) is 14.1 Å². The van der Waals surface area contributed by atoms with Gasteiger partial charge in [-0.15, -0.1) is 0 Å². The number of halogens is 1. The van der Waals surface area contributed by atoms with Gasteiger partial charge in [-0.2, -0.15) is 0 Å². The smallest absolute Gasteiger partial charge is 0.329 e. The van der Waals surface area contributed by atoms with Crippen molar-refractivity contribution in [2.45, 2.75) is 37.8 Å². The maximum atomic E-state index is 13.0. The molecular formula is C18H20BrN3O2. The number of aryl methyl sites for hydroxylation is 1. The minimum absolute atomic E-state index is 0.0287. The van der Waals surface area contributed by atoms with Gasteiger partial charge >= 0.3 is 5.69 Å². The fourth-order valence-corrected chi connectivity index (χ4v) is 4.27. The Kier molecular flexibility index (Phi) is 3.96. The van der Waals surface area contributed by atoms with Gasteiger partial charge in [-0.3, -0.25) is 14.1 Å². The number of pyridine rings is 1. The number of ether oxygens (including phenoxy) is 1. The van der Waals surface area contributed by atoms with Gasteiger partial charge in [0.05, 0.1) is 28.9 Å². The van der Waals surface area contributed by atoms with Crippen molar-refractivity contribution in [3.05, 3.63) is 39.4 Å². The van der Waals surface area contributed by atoms with Crippen molar-refractivity contribution in [3.8, 4) is 0 Å². The molecule has 0 aliphatic heterocycles. The third-order valence-corrected chi connectivity index (χ3v) is 5.67. The van der Waals surface area contributed by atoms with E-state index in [1.54, 1.807) is 17.9 Å². The van der Waals surface area contributed by atoms with Gasteiger partial charge in [-0.25, -0.2) is 4.79 Å². The molecule has 2 aromatic heterocycles. The van der Waals surface area contributed by atoms with Gasteiger partial charge in [0.15, 0.2) is 0 Å². The van der Waals surface area contributed by atoms with Crippen molar-refractivity contribution in [3.63, 3.8) is 0 Å². The van der Waals surface area contributed by atoms with Gasteiger partial charge in [0.25, 0.3) is 0 Å². The Morgan fingerprint density at radius 2 is 2.17 bits per heavy atom. The molecule has 1 aliphatic rings. The van der Waals surface area contributed by atoms with Crippen LogP contribution < -0.4 is 5.69 Å². The van der Waals surface area contributed by atoms with Crippen LogP contribution in [0.1, 0.15) is 31.7 Å². The topological polar surface area (TPSA) is 49.0 Å². The Morgan fingerprint density at radius 3 is 2.96 bits per heavy atom. The van der Waals surface area contributed by atoms with Crippen LogP contribution in [0.3, 0.4) is 0 Å². The largest absolute Gasteiger partial charge is 0.381 e. The number of nitrogens with zero attached hydrogens (tertiary/aromatic N) is 3. The zero-order valence-electron chi connectivity index (χ0n) is 13.8. The zero-order valence-corrected chi connectivity index (χ0v) is 15.4. The highest BCUT2D eigenvalue weighted by atomic mass is 79.9. The third-order valence-electron chi connectivity index (χ3n) is 5.17. The first-order valence-electron chi connectivity index (χ1n) is 8.28. The lowest BCUT2D eigenvalue weighted by atomic mass is 9.92. The molecule has 2 heterocycles. The van der Waals surface area contributed by atoms with E-state index in [9.17, 15) is 4.79 Å². The van der Waals surface area contributed by atoms with E-state index >= 15 is 0 Å². The van der Waals surface area contributed by atoms with Crippen LogP contribution in [-0.2, 0) is 11.8 Å². The Bertz CT molecular complexity index is 976. The molecule has 1 aromatic carbocycles. The summed E-state index contributed by atoms with van der Waals surface area (Å²) < 4.78 is 10.2. The van der Waals surface area contributed by atoms with E-state index in [0.717, 1.165) is 52.1 Å². The fraction of sp³-hybridized carbons (Fsp3) is 0.444. The summed E-state index contributed by atoms with van der Waals surface area (Å²) in [5.74, 6) is 0. The molecule has 0 unspecified atom stereocenters. The highest BCUT2D eigenvalue weighted by Crippen LogP contribution is 2.34. The van der Waals surface area contributed by atoms with Crippen LogP contribution in [0.25, 0.3) is 21.9 Å². The highest BCUT2D eigenvalue weighted by Gasteiger charge is 2.27. The second kappa shape index (κ2) is 6.01. The van der Waals surface area contributed by atoms with E-state index in [4.69, 9.17) is 4.74 Å². The molecular weight excluding hydrogens is 370 g/mol. The third kappa shape index (κ3) is 2.40. The summed E-state index contributed by atoms with van der Waals surface area (Å²) in [6.45, 7) is 0. The SMILES string of the molecule is CO[C@@H]1CCC[C@@H](n2c(=O)n(C)c3cnc4ccc(Br)cc4c32)C1. The van der Waals surface area contributed by atoms with Crippen LogP contribution >= 0.6 is 15.9 Å². The number of benzene rings is 1. The number of imidazole rings is 1. The van der Waals surface area contributed by atoms with E-state index in [0.29, 0.717) is 0 Å². The first-order valence-corrected chi connectivity index (χ1v) is 9.07. The first-order chi connectivity index (χ1) is 11.6. The van der Waals surface area contributed by atoms with Crippen LogP contribution in [0.4, 0.5) is 0 Å². The second-order valence-corrected chi connectivity index (χ2v) is 7.46. The lowest BCUT2D eigenvalue weighted by molar-refractivity contribution is 0.0531. The molecule has 0 radical (unpaired) electrons. The summed E-state index contributed by atoms with van der Waals surface area (Å²) in [4.78, 5) is 17.5. The van der Waals surface area contributed by atoms with Crippen LogP contribution in [0.15, 0.2) is 33.7 Å². The molecule has 1 fully saturated rings. The predicted octanol–water partition coefficient (Wildman–Crippen LogP) is 3.78. The molecule has 6 heteroatoms. The van der Waals surface area contributed by atoms with Gasteiger partial charge < -0.3 is 4.74 Å². The molecule has 0 amide bonds. The summed E-state index contributed by atoms with van der Waals surface area (Å²) in [5, 5.41) is 1.01. The molecule has 0 bridgehead atoms. The molecule has 1 aliphatic carbocycles. The molecule has 3 aromatic rings. The van der Waals surface area contributed by atoms with Gasteiger partial charge in [-0.05, 0) is 43.9 Å². The zero-order chi connectivity index (χ0) is 16.8. The van der Waals surface area contributed by atoms with Gasteiger partial charge in [0.1, 0.15) is 0 Å². The average Bonchev–Trinajstić information content (AvgIpc) is 2.86. The maximum absolute atomic E-state index is 13.0. The lowest BCUT2D eigenvalue weighted by Crippen LogP contribution is -2.31. The van der Waals surface area contributed by atoms with Crippen molar-refractivity contribution >= 4 is 37.9 Å². The molecule has 1 saturated carbocycles. The molecule has 4 rings (SSSR count). The number of fused-ring (bicyclic) bond motifs is 3. The van der Waals surface area contributed by atoms with Gasteiger partial charge in [0, 0.05) is 30.1 Å². The standard InChI is InChI=1S/C18H20BrN3O2/c1-21-16-10-20-15-7-6-11(19)8-14(15)17(16)22(18(21)23)12-4-3-5-13(9-12)24-2/h6-8,10,12-13H,3-5,9H2,1-2H3/t12-,13-/m1/s1. The van der Waals surface area contributed by atoms with Crippen LogP contribution in [0.5, 0.6) is 0 Å². The summed E-state index contributed by atoms with van der Waals surface area (Å²) in [6, 6.07) is 6.19. The van der Waals surface area contributed by atoms with Crippen molar-refractivity contribution in [2.75, 3.05) is 7.11 Å². The molecule has 5 nitrogen and oxygen atoms in total. The first kappa shape index (κ1) is 15.8. The van der Waals surface area contributed by atoms with Crippen LogP contribution in [0.2, 0.25) is 0 Å². The van der Waals surface area contributed by atoms with E-state index < -0.39 is 0 Å². The predicted molar refractivity (Wildman–Crippen MR) is 98.5 cm³/mol. The van der Waals surface area contributed by atoms with Gasteiger partial charge in [0.2, 0.25) is 0 Å². The Hall–Kier alpha value is -1.66. The average molecular weight is 390 g/mol. The molecule has 2 atom stereocenters. The summed E-state index contributed by atoms with van der Waals surface area (Å²) >= 11 is 3.54. The van der Waals surface area contributed by atoms with Crippen LogP contribution in [0, 0.1) is 0 Å². The Labute approximate surface area is 148 Å². The Balaban J connectivity index is 2.02. The van der Waals surface area contributed by atoms with Crippen molar-refractivity contribution < 1.29 is 4.74 Å². The summed E-state index contributed by atoms with van der Waals surface area (Å²) in [6.07, 6.45) is 6.08. The molecule has 0 spiro atoms. The maximum Gasteiger partial charge on any atom is 0.329 e. The lowest BCUT2D eigenvalue weighted by Gasteiger charge is -2.29. The molecule has 0 saturated heterocycles. The quantitative estimate of drug-likeness (QED) is 0.669. The minimum Gasteiger partial charge on any atom is -0.381 e. The highest BCUT2D eigenvalue weighted by molar-refractivity contribution is 9.10. The number of hydrogen-bond donors (Lipinski definition) is 0. The fourth-order valence-electron chi connectivity index (χ4n) is 3.91. The number of rotatable bonds is 2.